The van der Waals surface area contributed by atoms with Crippen LogP contribution in [0.3, 0.4) is 0 Å². The number of thioether (sulfide) groups is 1. The van der Waals surface area contributed by atoms with Crippen molar-refractivity contribution in [1.82, 2.24) is 0 Å². The minimum absolute atomic E-state index is 0.0149. The SMILES string of the molecule is CCOC(=O)CC(C[C@H](C)OC(=O)CC)Sc1ccccc1. The summed E-state index contributed by atoms with van der Waals surface area (Å²) in [6.45, 7) is 5.80. The van der Waals surface area contributed by atoms with Crippen LogP contribution in [0, 0.1) is 0 Å². The molecule has 0 aliphatic heterocycles. The molecule has 0 N–H and O–H groups in total. The van der Waals surface area contributed by atoms with E-state index in [0.29, 0.717) is 25.9 Å². The van der Waals surface area contributed by atoms with E-state index in [1.807, 2.05) is 37.3 Å². The predicted octanol–water partition coefficient (Wildman–Crippen LogP) is 3.83. The molecule has 2 atom stereocenters. The van der Waals surface area contributed by atoms with E-state index in [2.05, 4.69) is 0 Å². The Morgan fingerprint density at radius 3 is 2.41 bits per heavy atom. The molecule has 122 valence electrons. The largest absolute Gasteiger partial charge is 0.466 e. The molecule has 0 bridgehead atoms. The molecular weight excluding hydrogens is 300 g/mol. The Balaban J connectivity index is 2.64. The lowest BCUT2D eigenvalue weighted by molar-refractivity contribution is -0.148. The van der Waals surface area contributed by atoms with Gasteiger partial charge in [-0.05, 0) is 32.4 Å². The fourth-order valence-corrected chi connectivity index (χ4v) is 3.28. The van der Waals surface area contributed by atoms with Gasteiger partial charge in [0.15, 0.2) is 0 Å². The second kappa shape index (κ2) is 10.3. The number of hydrogen-bond donors (Lipinski definition) is 0. The quantitative estimate of drug-likeness (QED) is 0.510. The van der Waals surface area contributed by atoms with Gasteiger partial charge in [0, 0.05) is 16.6 Å². The molecule has 0 amide bonds. The molecule has 22 heavy (non-hydrogen) atoms. The van der Waals surface area contributed by atoms with E-state index in [4.69, 9.17) is 9.47 Å². The summed E-state index contributed by atoms with van der Waals surface area (Å²) in [5.41, 5.74) is 0. The van der Waals surface area contributed by atoms with Crippen LogP contribution >= 0.6 is 11.8 Å². The second-order valence-electron chi connectivity index (χ2n) is 4.95. The van der Waals surface area contributed by atoms with Crippen molar-refractivity contribution in [2.75, 3.05) is 6.61 Å². The first-order valence-corrected chi connectivity index (χ1v) is 8.49. The first-order chi connectivity index (χ1) is 10.5. The lowest BCUT2D eigenvalue weighted by atomic mass is 10.1. The molecule has 1 rings (SSSR count). The Morgan fingerprint density at radius 2 is 1.82 bits per heavy atom. The number of hydrogen-bond acceptors (Lipinski definition) is 5. The Bertz CT molecular complexity index is 461. The Morgan fingerprint density at radius 1 is 1.14 bits per heavy atom. The van der Waals surface area contributed by atoms with E-state index >= 15 is 0 Å². The van der Waals surface area contributed by atoms with Crippen LogP contribution in [0.2, 0.25) is 0 Å². The third kappa shape index (κ3) is 7.50. The van der Waals surface area contributed by atoms with Gasteiger partial charge in [0.2, 0.25) is 0 Å². The first kappa shape index (κ1) is 18.6. The lowest BCUT2D eigenvalue weighted by Gasteiger charge is -2.20. The minimum atomic E-state index is -0.219. The van der Waals surface area contributed by atoms with Crippen LogP contribution in [-0.2, 0) is 19.1 Å². The molecule has 0 aliphatic carbocycles. The van der Waals surface area contributed by atoms with Gasteiger partial charge in [-0.1, -0.05) is 25.1 Å². The molecule has 0 aliphatic rings. The zero-order chi connectivity index (χ0) is 16.4. The van der Waals surface area contributed by atoms with Crippen LogP contribution in [0.15, 0.2) is 35.2 Å². The van der Waals surface area contributed by atoms with Crippen LogP contribution < -0.4 is 0 Å². The average molecular weight is 324 g/mol. The molecule has 0 spiro atoms. The van der Waals surface area contributed by atoms with E-state index in [1.54, 1.807) is 25.6 Å². The molecule has 1 aromatic rings. The highest BCUT2D eigenvalue weighted by Gasteiger charge is 2.21. The Kier molecular flexibility index (Phi) is 8.67. The topological polar surface area (TPSA) is 52.6 Å². The van der Waals surface area contributed by atoms with Crippen LogP contribution in [0.4, 0.5) is 0 Å². The summed E-state index contributed by atoms with van der Waals surface area (Å²) in [6, 6.07) is 9.89. The van der Waals surface area contributed by atoms with Gasteiger partial charge in [0.1, 0.15) is 6.10 Å². The van der Waals surface area contributed by atoms with Crippen molar-refractivity contribution in [2.24, 2.45) is 0 Å². The van der Waals surface area contributed by atoms with Crippen LogP contribution in [0.25, 0.3) is 0 Å². The maximum atomic E-state index is 11.8. The number of carbonyl (C=O) groups is 2. The normalized spacial score (nSPS) is 13.2. The Hall–Kier alpha value is -1.49. The van der Waals surface area contributed by atoms with Crippen molar-refractivity contribution >= 4 is 23.7 Å². The summed E-state index contributed by atoms with van der Waals surface area (Å²) in [4.78, 5) is 24.2. The molecule has 0 saturated heterocycles. The Labute approximate surface area is 136 Å². The number of rotatable bonds is 9. The van der Waals surface area contributed by atoms with Gasteiger partial charge in [-0.2, -0.15) is 0 Å². The van der Waals surface area contributed by atoms with Crippen molar-refractivity contribution in [3.05, 3.63) is 30.3 Å². The molecule has 0 heterocycles. The molecule has 0 aromatic heterocycles. The summed E-state index contributed by atoms with van der Waals surface area (Å²) in [5, 5.41) is 0.0149. The summed E-state index contributed by atoms with van der Waals surface area (Å²) >= 11 is 1.61. The average Bonchev–Trinajstić information content (AvgIpc) is 2.48. The molecule has 1 unspecified atom stereocenters. The predicted molar refractivity (Wildman–Crippen MR) is 87.8 cm³/mol. The van der Waals surface area contributed by atoms with E-state index in [0.717, 1.165) is 4.90 Å². The highest BCUT2D eigenvalue weighted by Crippen LogP contribution is 2.29. The van der Waals surface area contributed by atoms with Gasteiger partial charge in [-0.3, -0.25) is 9.59 Å². The molecule has 0 radical (unpaired) electrons. The summed E-state index contributed by atoms with van der Waals surface area (Å²) in [5.74, 6) is -0.433. The highest BCUT2D eigenvalue weighted by molar-refractivity contribution is 8.00. The van der Waals surface area contributed by atoms with Gasteiger partial charge in [0.25, 0.3) is 0 Å². The second-order valence-corrected chi connectivity index (χ2v) is 6.33. The lowest BCUT2D eigenvalue weighted by Crippen LogP contribution is -2.22. The fourth-order valence-electron chi connectivity index (χ4n) is 2.00. The van der Waals surface area contributed by atoms with Crippen LogP contribution in [-0.4, -0.2) is 29.9 Å². The van der Waals surface area contributed by atoms with Gasteiger partial charge >= 0.3 is 11.9 Å². The summed E-state index contributed by atoms with van der Waals surface area (Å²) < 4.78 is 10.3. The molecular formula is C17H24O4S. The van der Waals surface area contributed by atoms with Crippen molar-refractivity contribution in [3.8, 4) is 0 Å². The maximum Gasteiger partial charge on any atom is 0.306 e. The zero-order valence-corrected chi connectivity index (χ0v) is 14.2. The van der Waals surface area contributed by atoms with E-state index in [9.17, 15) is 9.59 Å². The van der Waals surface area contributed by atoms with Crippen molar-refractivity contribution in [1.29, 1.82) is 0 Å². The molecule has 0 fully saturated rings. The summed E-state index contributed by atoms with van der Waals surface area (Å²) in [6.07, 6.45) is 1.06. The third-order valence-corrected chi connectivity index (χ3v) is 4.20. The number of carbonyl (C=O) groups excluding carboxylic acids is 2. The minimum Gasteiger partial charge on any atom is -0.466 e. The molecule has 0 saturated carbocycles. The van der Waals surface area contributed by atoms with Gasteiger partial charge < -0.3 is 9.47 Å². The third-order valence-electron chi connectivity index (χ3n) is 2.96. The number of esters is 2. The standard InChI is InChI=1S/C17H24O4S/c1-4-16(18)21-13(3)11-15(12-17(19)20-5-2)22-14-9-7-6-8-10-14/h6-10,13,15H,4-5,11-12H2,1-3H3/t13-,15?/m0/s1. The van der Waals surface area contributed by atoms with Crippen LogP contribution in [0.5, 0.6) is 0 Å². The fraction of sp³-hybridized carbons (Fsp3) is 0.529. The first-order valence-electron chi connectivity index (χ1n) is 7.61. The molecule has 5 heteroatoms. The van der Waals surface area contributed by atoms with Gasteiger partial charge in [-0.25, -0.2) is 0 Å². The molecule has 1 aromatic carbocycles. The van der Waals surface area contributed by atoms with E-state index in [1.165, 1.54) is 0 Å². The van der Waals surface area contributed by atoms with Crippen molar-refractivity contribution in [2.45, 2.75) is 56.3 Å². The number of benzene rings is 1. The van der Waals surface area contributed by atoms with Crippen LogP contribution in [0.1, 0.15) is 40.0 Å². The zero-order valence-electron chi connectivity index (χ0n) is 13.4. The van der Waals surface area contributed by atoms with Gasteiger partial charge in [0.05, 0.1) is 13.0 Å². The van der Waals surface area contributed by atoms with Crippen molar-refractivity contribution < 1.29 is 19.1 Å². The highest BCUT2D eigenvalue weighted by atomic mass is 32.2. The monoisotopic (exact) mass is 324 g/mol. The van der Waals surface area contributed by atoms with E-state index < -0.39 is 0 Å². The van der Waals surface area contributed by atoms with E-state index in [-0.39, 0.29) is 23.3 Å². The van der Waals surface area contributed by atoms with Crippen molar-refractivity contribution in [3.63, 3.8) is 0 Å². The summed E-state index contributed by atoms with van der Waals surface area (Å²) in [7, 11) is 0. The van der Waals surface area contributed by atoms with Gasteiger partial charge in [-0.15, -0.1) is 11.8 Å². The maximum absolute atomic E-state index is 11.8. The molecule has 4 nitrogen and oxygen atoms in total. The smallest absolute Gasteiger partial charge is 0.306 e. The number of ether oxygens (including phenoxy) is 2.